The zero-order chi connectivity index (χ0) is 15.5. The molecule has 5 nitrogen and oxygen atoms in total. The molecule has 0 aromatic heterocycles. The van der Waals surface area contributed by atoms with Crippen molar-refractivity contribution in [1.82, 2.24) is 5.32 Å². The summed E-state index contributed by atoms with van der Waals surface area (Å²) in [6, 6.07) is 3.71. The maximum Gasteiger partial charge on any atom is 0.173 e. The summed E-state index contributed by atoms with van der Waals surface area (Å²) in [5.74, 6) is 1.48. The third-order valence-electron chi connectivity index (χ3n) is 3.27. The lowest BCUT2D eigenvalue weighted by Gasteiger charge is -2.16. The SMILES string of the molecule is COc1cc(CNC2C=CS(=O)(=O)C2)c(SC)cc1OC. The summed E-state index contributed by atoms with van der Waals surface area (Å²) < 4.78 is 33.4. The Kier molecular flexibility index (Phi) is 5.18. The van der Waals surface area contributed by atoms with Gasteiger partial charge in [-0.15, -0.1) is 11.8 Å². The Balaban J connectivity index is 2.14. The molecule has 0 saturated carbocycles. The van der Waals surface area contributed by atoms with Crippen LogP contribution in [-0.2, 0) is 16.4 Å². The van der Waals surface area contributed by atoms with E-state index in [0.717, 1.165) is 10.5 Å². The second kappa shape index (κ2) is 6.72. The van der Waals surface area contributed by atoms with E-state index in [-0.39, 0.29) is 11.8 Å². The summed E-state index contributed by atoms with van der Waals surface area (Å²) in [5, 5.41) is 4.51. The van der Waals surface area contributed by atoms with Gasteiger partial charge in [-0.3, -0.25) is 0 Å². The van der Waals surface area contributed by atoms with Crippen molar-refractivity contribution in [2.45, 2.75) is 17.5 Å². The third-order valence-corrected chi connectivity index (χ3v) is 5.49. The number of benzene rings is 1. The van der Waals surface area contributed by atoms with Crippen LogP contribution in [0.5, 0.6) is 11.5 Å². The Bertz CT molecular complexity index is 641. The van der Waals surface area contributed by atoms with E-state index in [1.165, 1.54) is 5.41 Å². The summed E-state index contributed by atoms with van der Waals surface area (Å²) in [7, 11) is 0.171. The van der Waals surface area contributed by atoms with E-state index in [2.05, 4.69) is 5.32 Å². The van der Waals surface area contributed by atoms with Crippen molar-refractivity contribution in [2.24, 2.45) is 0 Å². The van der Waals surface area contributed by atoms with Crippen LogP contribution in [0.25, 0.3) is 0 Å². The summed E-state index contributed by atoms with van der Waals surface area (Å²) in [6.45, 7) is 0.570. The molecule has 2 rings (SSSR count). The topological polar surface area (TPSA) is 64.6 Å². The number of hydrogen-bond acceptors (Lipinski definition) is 6. The van der Waals surface area contributed by atoms with Crippen molar-refractivity contribution < 1.29 is 17.9 Å². The molecule has 0 aliphatic carbocycles. The fourth-order valence-corrected chi connectivity index (χ4v) is 4.06. The summed E-state index contributed by atoms with van der Waals surface area (Å²) in [6.07, 6.45) is 3.68. The predicted octanol–water partition coefficient (Wildman–Crippen LogP) is 1.83. The molecule has 0 radical (unpaired) electrons. The lowest BCUT2D eigenvalue weighted by atomic mass is 10.2. The molecule has 0 fully saturated rings. The average molecular weight is 329 g/mol. The first kappa shape index (κ1) is 16.2. The number of sulfone groups is 1. The molecule has 0 spiro atoms. The highest BCUT2D eigenvalue weighted by atomic mass is 32.2. The quantitative estimate of drug-likeness (QED) is 0.803. The number of hydrogen-bond donors (Lipinski definition) is 1. The standard InChI is InChI=1S/C14H19NO4S2/c1-18-12-6-10(14(20-3)7-13(12)19-2)8-15-11-4-5-21(16,17)9-11/h4-7,11,15H,8-9H2,1-3H3. The fraction of sp³-hybridized carbons (Fsp3) is 0.429. The molecule has 21 heavy (non-hydrogen) atoms. The molecule has 7 heteroatoms. The maximum atomic E-state index is 11.4. The van der Waals surface area contributed by atoms with Gasteiger partial charge in [0.2, 0.25) is 0 Å². The largest absolute Gasteiger partial charge is 0.493 e. The van der Waals surface area contributed by atoms with Crippen molar-refractivity contribution in [3.8, 4) is 11.5 Å². The van der Waals surface area contributed by atoms with Crippen LogP contribution in [0.2, 0.25) is 0 Å². The first-order valence-corrected chi connectivity index (χ1v) is 9.36. The fourth-order valence-electron chi connectivity index (χ4n) is 2.17. The van der Waals surface area contributed by atoms with Crippen molar-refractivity contribution in [1.29, 1.82) is 0 Å². The minimum Gasteiger partial charge on any atom is -0.493 e. The van der Waals surface area contributed by atoms with Crippen LogP contribution in [0.3, 0.4) is 0 Å². The van der Waals surface area contributed by atoms with Crippen LogP contribution < -0.4 is 14.8 Å². The number of ether oxygens (including phenoxy) is 2. The van der Waals surface area contributed by atoms with Gasteiger partial charge in [0.25, 0.3) is 0 Å². The predicted molar refractivity (Wildman–Crippen MR) is 84.9 cm³/mol. The molecule has 1 atom stereocenters. The molecule has 0 amide bonds. The smallest absolute Gasteiger partial charge is 0.173 e. The highest BCUT2D eigenvalue weighted by Gasteiger charge is 2.21. The zero-order valence-electron chi connectivity index (χ0n) is 12.3. The second-order valence-corrected chi connectivity index (χ2v) is 7.44. The van der Waals surface area contributed by atoms with Crippen molar-refractivity contribution in [3.05, 3.63) is 29.2 Å². The van der Waals surface area contributed by atoms with Gasteiger partial charge < -0.3 is 14.8 Å². The van der Waals surface area contributed by atoms with E-state index in [4.69, 9.17) is 9.47 Å². The molecule has 1 N–H and O–H groups in total. The highest BCUT2D eigenvalue weighted by Crippen LogP contribution is 2.34. The Morgan fingerprint density at radius 3 is 2.48 bits per heavy atom. The van der Waals surface area contributed by atoms with Crippen LogP contribution >= 0.6 is 11.8 Å². The molecule has 1 aromatic carbocycles. The second-order valence-electron chi connectivity index (χ2n) is 4.66. The molecule has 1 unspecified atom stereocenters. The zero-order valence-corrected chi connectivity index (χ0v) is 13.9. The Morgan fingerprint density at radius 1 is 1.29 bits per heavy atom. The van der Waals surface area contributed by atoms with Gasteiger partial charge in [0.05, 0.1) is 20.0 Å². The van der Waals surface area contributed by atoms with Gasteiger partial charge in [-0.05, 0) is 24.0 Å². The van der Waals surface area contributed by atoms with Crippen molar-refractivity contribution >= 4 is 21.6 Å². The van der Waals surface area contributed by atoms with Gasteiger partial charge in [0, 0.05) is 22.9 Å². The number of thioether (sulfide) groups is 1. The molecule has 116 valence electrons. The van der Waals surface area contributed by atoms with Crippen LogP contribution in [0.4, 0.5) is 0 Å². The Labute approximate surface area is 129 Å². The molecule has 1 aliphatic heterocycles. The van der Waals surface area contributed by atoms with Crippen LogP contribution in [0.1, 0.15) is 5.56 Å². The lowest BCUT2D eigenvalue weighted by molar-refractivity contribution is 0.353. The monoisotopic (exact) mass is 329 g/mol. The van der Waals surface area contributed by atoms with Gasteiger partial charge in [0.15, 0.2) is 21.3 Å². The third kappa shape index (κ3) is 3.93. The van der Waals surface area contributed by atoms with Gasteiger partial charge in [0.1, 0.15) is 0 Å². The molecular formula is C14H19NO4S2. The summed E-state index contributed by atoms with van der Waals surface area (Å²) >= 11 is 1.61. The van der Waals surface area contributed by atoms with Gasteiger partial charge in [-0.2, -0.15) is 0 Å². The minimum atomic E-state index is -3.03. The number of methoxy groups -OCH3 is 2. The van der Waals surface area contributed by atoms with Crippen molar-refractivity contribution in [3.63, 3.8) is 0 Å². The normalized spacial score (nSPS) is 19.7. The molecule has 0 saturated heterocycles. The van der Waals surface area contributed by atoms with E-state index in [1.807, 2.05) is 18.4 Å². The molecular weight excluding hydrogens is 310 g/mol. The summed E-state index contributed by atoms with van der Waals surface area (Å²) in [5.41, 5.74) is 1.05. The summed E-state index contributed by atoms with van der Waals surface area (Å²) in [4.78, 5) is 1.07. The van der Waals surface area contributed by atoms with E-state index >= 15 is 0 Å². The van der Waals surface area contributed by atoms with Crippen LogP contribution in [-0.4, -0.2) is 40.7 Å². The van der Waals surface area contributed by atoms with E-state index in [9.17, 15) is 8.42 Å². The molecule has 1 heterocycles. The first-order chi connectivity index (χ1) is 9.99. The molecule has 1 aromatic rings. The molecule has 1 aliphatic rings. The molecule has 0 bridgehead atoms. The maximum absolute atomic E-state index is 11.4. The average Bonchev–Trinajstić information content (AvgIpc) is 2.83. The van der Waals surface area contributed by atoms with Crippen molar-refractivity contribution in [2.75, 3.05) is 26.2 Å². The Hall–Kier alpha value is -1.18. The highest BCUT2D eigenvalue weighted by molar-refractivity contribution is 7.98. The van der Waals surface area contributed by atoms with E-state index in [0.29, 0.717) is 18.0 Å². The van der Waals surface area contributed by atoms with Gasteiger partial charge >= 0.3 is 0 Å². The van der Waals surface area contributed by atoms with Gasteiger partial charge in [-0.25, -0.2) is 8.42 Å². The van der Waals surface area contributed by atoms with Gasteiger partial charge in [-0.1, -0.05) is 6.08 Å². The minimum absolute atomic E-state index is 0.120. The number of rotatable bonds is 6. The Morgan fingerprint density at radius 2 is 1.95 bits per heavy atom. The van der Waals surface area contributed by atoms with Crippen LogP contribution in [0, 0.1) is 0 Å². The lowest BCUT2D eigenvalue weighted by Crippen LogP contribution is -2.29. The van der Waals surface area contributed by atoms with E-state index in [1.54, 1.807) is 32.1 Å². The van der Waals surface area contributed by atoms with E-state index < -0.39 is 9.84 Å². The first-order valence-electron chi connectivity index (χ1n) is 6.42. The van der Waals surface area contributed by atoms with Crippen LogP contribution in [0.15, 0.2) is 28.5 Å². The number of nitrogens with one attached hydrogen (secondary N) is 1.